The Balaban J connectivity index is 2.14. The molecule has 0 saturated carbocycles. The highest BCUT2D eigenvalue weighted by molar-refractivity contribution is 5.92. The monoisotopic (exact) mass is 258 g/mol. The van der Waals surface area contributed by atoms with E-state index in [-0.39, 0.29) is 5.75 Å². The van der Waals surface area contributed by atoms with E-state index in [0.717, 1.165) is 28.8 Å². The van der Waals surface area contributed by atoms with Crippen LogP contribution in [0.4, 0.5) is 5.69 Å². The van der Waals surface area contributed by atoms with E-state index in [0.29, 0.717) is 0 Å². The fraction of sp³-hybridized carbons (Fsp3) is 0.438. The molecule has 19 heavy (non-hydrogen) atoms. The Bertz CT molecular complexity index is 552. The van der Waals surface area contributed by atoms with Gasteiger partial charge in [-0.15, -0.1) is 0 Å². The van der Waals surface area contributed by atoms with Crippen molar-refractivity contribution in [3.63, 3.8) is 0 Å². The van der Waals surface area contributed by atoms with Crippen molar-refractivity contribution in [3.8, 4) is 5.75 Å². The normalized spacial score (nSPS) is 10.8. The molecule has 0 bridgehead atoms. The Labute approximate surface area is 114 Å². The summed E-state index contributed by atoms with van der Waals surface area (Å²) >= 11 is 0. The molecule has 1 aromatic heterocycles. The number of rotatable bonds is 6. The zero-order valence-corrected chi connectivity index (χ0v) is 11.7. The summed E-state index contributed by atoms with van der Waals surface area (Å²) in [5.74, 6) is 0.284. The Morgan fingerprint density at radius 2 is 2.00 bits per heavy atom. The van der Waals surface area contributed by atoms with E-state index in [1.165, 1.54) is 25.7 Å². The second kappa shape index (κ2) is 6.41. The number of nitrogens with zero attached hydrogens (tertiary/aromatic N) is 1. The highest BCUT2D eigenvalue weighted by Crippen LogP contribution is 2.26. The number of unbranched alkanes of at least 4 members (excludes halogenated alkanes) is 3. The fourth-order valence-electron chi connectivity index (χ4n) is 2.27. The first-order valence-corrected chi connectivity index (χ1v) is 7.05. The number of pyridine rings is 1. The molecule has 2 rings (SSSR count). The third-order valence-corrected chi connectivity index (χ3v) is 3.27. The van der Waals surface area contributed by atoms with Crippen LogP contribution >= 0.6 is 0 Å². The van der Waals surface area contributed by atoms with E-state index in [4.69, 9.17) is 0 Å². The molecule has 0 aliphatic heterocycles. The number of fused-ring (bicyclic) bond motifs is 1. The second-order valence-corrected chi connectivity index (χ2v) is 5.00. The molecule has 0 amide bonds. The van der Waals surface area contributed by atoms with E-state index < -0.39 is 0 Å². The quantitative estimate of drug-likeness (QED) is 0.762. The van der Waals surface area contributed by atoms with Crippen molar-refractivity contribution >= 4 is 16.6 Å². The van der Waals surface area contributed by atoms with Gasteiger partial charge in [-0.3, -0.25) is 4.98 Å². The first-order chi connectivity index (χ1) is 9.20. The number of nitrogens with one attached hydrogen (secondary N) is 1. The maximum atomic E-state index is 9.61. The number of aromatic nitrogens is 1. The minimum Gasteiger partial charge on any atom is -0.508 e. The van der Waals surface area contributed by atoms with Gasteiger partial charge in [-0.05, 0) is 37.6 Å². The smallest absolute Gasteiger partial charge is 0.116 e. The van der Waals surface area contributed by atoms with E-state index in [1.807, 2.05) is 19.1 Å². The third kappa shape index (κ3) is 3.60. The van der Waals surface area contributed by atoms with Crippen molar-refractivity contribution in [2.75, 3.05) is 11.9 Å². The van der Waals surface area contributed by atoms with Gasteiger partial charge in [-0.25, -0.2) is 0 Å². The number of aryl methyl sites for hydroxylation is 1. The van der Waals surface area contributed by atoms with Crippen molar-refractivity contribution in [3.05, 3.63) is 30.0 Å². The summed E-state index contributed by atoms with van der Waals surface area (Å²) in [4.78, 5) is 4.48. The van der Waals surface area contributed by atoms with Gasteiger partial charge in [0.2, 0.25) is 0 Å². The number of anilines is 1. The van der Waals surface area contributed by atoms with Gasteiger partial charge in [0.05, 0.1) is 5.52 Å². The molecule has 1 heterocycles. The third-order valence-electron chi connectivity index (χ3n) is 3.27. The highest BCUT2D eigenvalue weighted by Gasteiger charge is 2.04. The lowest BCUT2D eigenvalue weighted by atomic mass is 10.1. The van der Waals surface area contributed by atoms with Crippen molar-refractivity contribution in [2.45, 2.75) is 39.5 Å². The van der Waals surface area contributed by atoms with Crippen molar-refractivity contribution in [1.29, 1.82) is 0 Å². The Kier molecular flexibility index (Phi) is 4.61. The number of hydrogen-bond donors (Lipinski definition) is 2. The zero-order chi connectivity index (χ0) is 13.7. The van der Waals surface area contributed by atoms with Crippen LogP contribution in [-0.2, 0) is 0 Å². The molecule has 1 aromatic carbocycles. The van der Waals surface area contributed by atoms with Crippen LogP contribution in [0.3, 0.4) is 0 Å². The van der Waals surface area contributed by atoms with Crippen LogP contribution < -0.4 is 5.32 Å². The zero-order valence-electron chi connectivity index (χ0n) is 11.7. The number of aromatic hydroxyl groups is 1. The van der Waals surface area contributed by atoms with Crippen LogP contribution in [0.1, 0.15) is 38.3 Å². The average molecular weight is 258 g/mol. The van der Waals surface area contributed by atoms with E-state index in [2.05, 4.69) is 17.2 Å². The standard InChI is InChI=1S/C16H22N2O/c1-3-4-5-6-9-17-16-10-12(2)18-15-8-7-13(19)11-14(15)16/h7-8,10-11,19H,3-6,9H2,1-2H3,(H,17,18). The van der Waals surface area contributed by atoms with Crippen LogP contribution in [0.25, 0.3) is 10.9 Å². The van der Waals surface area contributed by atoms with Gasteiger partial charge < -0.3 is 10.4 Å². The maximum Gasteiger partial charge on any atom is 0.116 e. The topological polar surface area (TPSA) is 45.2 Å². The van der Waals surface area contributed by atoms with Crippen molar-refractivity contribution < 1.29 is 5.11 Å². The molecule has 0 aliphatic rings. The average Bonchev–Trinajstić information content (AvgIpc) is 2.39. The molecule has 102 valence electrons. The first kappa shape index (κ1) is 13.7. The largest absolute Gasteiger partial charge is 0.508 e. The fourth-order valence-corrected chi connectivity index (χ4v) is 2.27. The molecule has 0 aliphatic carbocycles. The molecule has 3 nitrogen and oxygen atoms in total. The lowest BCUT2D eigenvalue weighted by Gasteiger charge is -2.11. The summed E-state index contributed by atoms with van der Waals surface area (Å²) in [5, 5.41) is 14.1. The number of phenols is 1. The molecule has 0 spiro atoms. The van der Waals surface area contributed by atoms with Gasteiger partial charge in [0, 0.05) is 23.3 Å². The van der Waals surface area contributed by atoms with Crippen LogP contribution in [0.2, 0.25) is 0 Å². The number of phenolic OH excluding ortho intramolecular Hbond substituents is 1. The molecule has 2 N–H and O–H groups in total. The molecular weight excluding hydrogens is 236 g/mol. The molecule has 0 unspecified atom stereocenters. The van der Waals surface area contributed by atoms with Crippen LogP contribution in [-0.4, -0.2) is 16.6 Å². The predicted octanol–water partition coefficient (Wildman–Crippen LogP) is 4.24. The highest BCUT2D eigenvalue weighted by atomic mass is 16.3. The molecule has 2 aromatic rings. The Hall–Kier alpha value is -1.77. The van der Waals surface area contributed by atoms with Gasteiger partial charge in [-0.1, -0.05) is 26.2 Å². The summed E-state index contributed by atoms with van der Waals surface area (Å²) in [6.45, 7) is 5.18. The van der Waals surface area contributed by atoms with Crippen molar-refractivity contribution in [2.24, 2.45) is 0 Å². The number of hydrogen-bond acceptors (Lipinski definition) is 3. The summed E-state index contributed by atoms with van der Waals surface area (Å²) in [6.07, 6.45) is 4.98. The van der Waals surface area contributed by atoms with Gasteiger partial charge in [0.1, 0.15) is 5.75 Å². The first-order valence-electron chi connectivity index (χ1n) is 7.05. The van der Waals surface area contributed by atoms with Crippen LogP contribution in [0.5, 0.6) is 5.75 Å². The maximum absolute atomic E-state index is 9.61. The lowest BCUT2D eigenvalue weighted by Crippen LogP contribution is -2.03. The van der Waals surface area contributed by atoms with E-state index >= 15 is 0 Å². The molecule has 0 fully saturated rings. The molecule has 0 atom stereocenters. The lowest BCUT2D eigenvalue weighted by molar-refractivity contribution is 0.476. The Morgan fingerprint density at radius 1 is 1.16 bits per heavy atom. The minimum absolute atomic E-state index is 0.284. The minimum atomic E-state index is 0.284. The molecule has 0 radical (unpaired) electrons. The van der Waals surface area contributed by atoms with Crippen LogP contribution in [0.15, 0.2) is 24.3 Å². The van der Waals surface area contributed by atoms with E-state index in [9.17, 15) is 5.11 Å². The predicted molar refractivity (Wildman–Crippen MR) is 80.8 cm³/mol. The van der Waals surface area contributed by atoms with E-state index in [1.54, 1.807) is 12.1 Å². The van der Waals surface area contributed by atoms with Crippen molar-refractivity contribution in [1.82, 2.24) is 4.98 Å². The summed E-state index contributed by atoms with van der Waals surface area (Å²) in [5.41, 5.74) is 2.98. The summed E-state index contributed by atoms with van der Waals surface area (Å²) < 4.78 is 0. The second-order valence-electron chi connectivity index (χ2n) is 5.00. The SMILES string of the molecule is CCCCCCNc1cc(C)nc2ccc(O)cc12. The Morgan fingerprint density at radius 3 is 2.79 bits per heavy atom. The summed E-state index contributed by atoms with van der Waals surface area (Å²) in [7, 11) is 0. The van der Waals surface area contributed by atoms with Gasteiger partial charge in [-0.2, -0.15) is 0 Å². The molecule has 0 saturated heterocycles. The molecule has 3 heteroatoms. The number of benzene rings is 1. The summed E-state index contributed by atoms with van der Waals surface area (Å²) in [6, 6.07) is 7.36. The molecular formula is C16H22N2O. The van der Waals surface area contributed by atoms with Gasteiger partial charge in [0.15, 0.2) is 0 Å². The van der Waals surface area contributed by atoms with Gasteiger partial charge in [0.25, 0.3) is 0 Å². The van der Waals surface area contributed by atoms with Gasteiger partial charge >= 0.3 is 0 Å². The van der Waals surface area contributed by atoms with Crippen LogP contribution in [0, 0.1) is 6.92 Å².